The number of benzene rings is 2. The van der Waals surface area contributed by atoms with Crippen molar-refractivity contribution < 1.29 is 9.90 Å². The fourth-order valence-electron chi connectivity index (χ4n) is 5.63. The number of hydrogen-bond acceptors (Lipinski definition) is 5. The molecule has 2 fully saturated rings. The molecule has 3 aromatic rings. The largest absolute Gasteiger partial charge is 0.390 e. The Kier molecular flexibility index (Phi) is 5.95. The summed E-state index contributed by atoms with van der Waals surface area (Å²) in [5.74, 6) is 0.885. The zero-order valence-electron chi connectivity index (χ0n) is 19.5. The van der Waals surface area contributed by atoms with Crippen LogP contribution in [-0.4, -0.2) is 68.2 Å². The van der Waals surface area contributed by atoms with Crippen molar-refractivity contribution in [3.05, 3.63) is 59.9 Å². The highest BCUT2D eigenvalue weighted by atomic mass is 16.3. The summed E-state index contributed by atoms with van der Waals surface area (Å²) in [5.41, 5.74) is 3.79. The lowest BCUT2D eigenvalue weighted by molar-refractivity contribution is -0.120. The van der Waals surface area contributed by atoms with Crippen LogP contribution in [0, 0.1) is 6.92 Å². The minimum Gasteiger partial charge on any atom is -0.390 e. The number of hydrogen-bond donors (Lipinski definition) is 2. The first-order valence-corrected chi connectivity index (χ1v) is 11.9. The molecule has 2 aliphatic heterocycles. The predicted octanol–water partition coefficient (Wildman–Crippen LogP) is 2.92. The monoisotopic (exact) mass is 447 g/mol. The second kappa shape index (κ2) is 8.89. The van der Waals surface area contributed by atoms with Crippen molar-refractivity contribution >= 4 is 22.6 Å². The molecule has 2 aliphatic rings. The number of anilines is 1. The van der Waals surface area contributed by atoms with Gasteiger partial charge in [-0.25, -0.2) is 4.98 Å². The molecule has 0 saturated carbocycles. The van der Waals surface area contributed by atoms with E-state index in [4.69, 9.17) is 0 Å². The smallest absolute Gasteiger partial charge is 0.238 e. The second-order valence-corrected chi connectivity index (χ2v) is 9.58. The number of amides is 1. The van der Waals surface area contributed by atoms with E-state index in [-0.39, 0.29) is 18.0 Å². The number of aromatic nitrogens is 2. The molecule has 2 saturated heterocycles. The third-order valence-corrected chi connectivity index (χ3v) is 7.55. The van der Waals surface area contributed by atoms with E-state index in [1.54, 1.807) is 0 Å². The summed E-state index contributed by atoms with van der Waals surface area (Å²) in [6.45, 7) is 5.48. The van der Waals surface area contributed by atoms with Crippen LogP contribution in [0.2, 0.25) is 0 Å². The van der Waals surface area contributed by atoms with E-state index < -0.39 is 6.10 Å². The molecule has 1 aromatic heterocycles. The predicted molar refractivity (Wildman–Crippen MR) is 130 cm³/mol. The van der Waals surface area contributed by atoms with Gasteiger partial charge >= 0.3 is 0 Å². The minimum atomic E-state index is -0.460. The number of carbonyl (C=O) groups is 1. The molecule has 174 valence electrons. The molecule has 2 N–H and O–H groups in total. The topological polar surface area (TPSA) is 73.6 Å². The first-order chi connectivity index (χ1) is 15.9. The van der Waals surface area contributed by atoms with Crippen LogP contribution in [0.15, 0.2) is 48.5 Å². The van der Waals surface area contributed by atoms with E-state index in [9.17, 15) is 9.90 Å². The Balaban J connectivity index is 1.20. The van der Waals surface area contributed by atoms with E-state index in [0.717, 1.165) is 61.4 Å². The van der Waals surface area contributed by atoms with Gasteiger partial charge in [0, 0.05) is 37.9 Å². The van der Waals surface area contributed by atoms with Crippen LogP contribution >= 0.6 is 0 Å². The van der Waals surface area contributed by atoms with Crippen molar-refractivity contribution in [2.45, 2.75) is 44.4 Å². The van der Waals surface area contributed by atoms with Gasteiger partial charge in [-0.2, -0.15) is 0 Å². The lowest BCUT2D eigenvalue weighted by atomic mass is 9.82. The number of aryl methyl sites for hydroxylation is 2. The molecule has 1 amide bonds. The molecule has 5 rings (SSSR count). The molecule has 33 heavy (non-hydrogen) atoms. The van der Waals surface area contributed by atoms with Crippen molar-refractivity contribution in [3.8, 4) is 0 Å². The molecule has 0 bridgehead atoms. The summed E-state index contributed by atoms with van der Waals surface area (Å²) in [6, 6.07) is 16.3. The van der Waals surface area contributed by atoms with Crippen LogP contribution in [0.1, 0.15) is 30.7 Å². The molecular weight excluding hydrogens is 414 g/mol. The zero-order chi connectivity index (χ0) is 23.0. The molecule has 0 unspecified atom stereocenters. The van der Waals surface area contributed by atoms with Crippen LogP contribution in [-0.2, 0) is 18.4 Å². The van der Waals surface area contributed by atoms with Crippen LogP contribution < -0.4 is 5.32 Å². The van der Waals surface area contributed by atoms with E-state index in [0.29, 0.717) is 6.54 Å². The van der Waals surface area contributed by atoms with Crippen LogP contribution in [0.3, 0.4) is 0 Å². The number of imidazole rings is 1. The van der Waals surface area contributed by atoms with E-state index in [2.05, 4.69) is 44.4 Å². The molecule has 0 radical (unpaired) electrons. The third-order valence-electron chi connectivity index (χ3n) is 7.55. The van der Waals surface area contributed by atoms with Gasteiger partial charge in [-0.3, -0.25) is 14.6 Å². The average Bonchev–Trinajstić information content (AvgIpc) is 3.32. The van der Waals surface area contributed by atoms with Crippen LogP contribution in [0.4, 0.5) is 5.69 Å². The summed E-state index contributed by atoms with van der Waals surface area (Å²) in [7, 11) is 1.99. The Bertz CT molecular complexity index is 1140. The number of β-amino-alcohol motifs (C(OH)–C–C–N with tert-alkyl or cyclic N) is 1. The van der Waals surface area contributed by atoms with Crippen molar-refractivity contribution in [2.24, 2.45) is 7.05 Å². The van der Waals surface area contributed by atoms with Gasteiger partial charge in [0.05, 0.1) is 23.7 Å². The molecule has 2 aromatic carbocycles. The van der Waals surface area contributed by atoms with Crippen molar-refractivity contribution in [1.82, 2.24) is 19.4 Å². The number of aliphatic hydroxyl groups excluding tert-OH is 1. The van der Waals surface area contributed by atoms with E-state index in [1.165, 1.54) is 5.56 Å². The number of rotatable bonds is 5. The summed E-state index contributed by atoms with van der Waals surface area (Å²) in [6.07, 6.45) is 2.55. The van der Waals surface area contributed by atoms with Gasteiger partial charge in [0.25, 0.3) is 0 Å². The second-order valence-electron chi connectivity index (χ2n) is 9.58. The fraction of sp³-hybridized carbons (Fsp3) is 0.462. The van der Waals surface area contributed by atoms with Crippen LogP contribution in [0.25, 0.3) is 11.0 Å². The van der Waals surface area contributed by atoms with Gasteiger partial charge in [0.1, 0.15) is 5.82 Å². The van der Waals surface area contributed by atoms with Gasteiger partial charge in [-0.15, -0.1) is 0 Å². The molecule has 2 atom stereocenters. The van der Waals surface area contributed by atoms with Crippen molar-refractivity contribution in [1.29, 1.82) is 0 Å². The SMILES string of the molecule is Cc1nc2cc(NC(=O)CN3CC[C@@]4(CCCN4Cc4ccccc4)[C@@H](O)C3)ccc2n1C. The lowest BCUT2D eigenvalue weighted by Gasteiger charge is -2.48. The number of likely N-dealkylation sites (tertiary alicyclic amines) is 2. The van der Waals surface area contributed by atoms with Crippen LogP contribution in [0.5, 0.6) is 0 Å². The number of fused-ring (bicyclic) bond motifs is 1. The first kappa shape index (κ1) is 22.1. The van der Waals surface area contributed by atoms with Crippen molar-refractivity contribution in [2.75, 3.05) is 31.5 Å². The molecule has 7 nitrogen and oxygen atoms in total. The Hall–Kier alpha value is -2.74. The highest BCUT2D eigenvalue weighted by Crippen LogP contribution is 2.39. The maximum Gasteiger partial charge on any atom is 0.238 e. The summed E-state index contributed by atoms with van der Waals surface area (Å²) >= 11 is 0. The van der Waals surface area contributed by atoms with Gasteiger partial charge in [-0.1, -0.05) is 30.3 Å². The molecular formula is C26H33N5O2. The minimum absolute atomic E-state index is 0.0577. The summed E-state index contributed by atoms with van der Waals surface area (Å²) in [4.78, 5) is 21.8. The Morgan fingerprint density at radius 1 is 1.18 bits per heavy atom. The fourth-order valence-corrected chi connectivity index (χ4v) is 5.63. The molecule has 0 aliphatic carbocycles. The van der Waals surface area contributed by atoms with Gasteiger partial charge in [0.15, 0.2) is 0 Å². The molecule has 7 heteroatoms. The zero-order valence-corrected chi connectivity index (χ0v) is 19.5. The Labute approximate surface area is 195 Å². The molecule has 1 spiro atoms. The Morgan fingerprint density at radius 2 is 2.00 bits per heavy atom. The van der Waals surface area contributed by atoms with Gasteiger partial charge in [-0.05, 0) is 56.5 Å². The summed E-state index contributed by atoms with van der Waals surface area (Å²) < 4.78 is 2.04. The highest BCUT2D eigenvalue weighted by Gasteiger charge is 2.49. The number of nitrogens with one attached hydrogen (secondary N) is 1. The lowest BCUT2D eigenvalue weighted by Crippen LogP contribution is -2.61. The Morgan fingerprint density at radius 3 is 2.79 bits per heavy atom. The van der Waals surface area contributed by atoms with Gasteiger partial charge in [0.2, 0.25) is 5.91 Å². The number of piperidine rings is 1. The summed E-state index contributed by atoms with van der Waals surface area (Å²) in [5, 5.41) is 14.2. The quantitative estimate of drug-likeness (QED) is 0.629. The average molecular weight is 448 g/mol. The third kappa shape index (κ3) is 4.28. The standard InChI is InChI=1S/C26H33N5O2/c1-19-27-22-15-21(9-10-23(22)29(19)2)28-25(33)18-30-14-12-26(24(32)17-30)11-6-13-31(26)16-20-7-4-3-5-8-20/h3-5,7-10,15,24,32H,6,11-14,16-18H2,1-2H3,(H,28,33)/t24-,26-/m0/s1. The van der Waals surface area contributed by atoms with E-state index >= 15 is 0 Å². The number of carbonyl (C=O) groups excluding carboxylic acids is 1. The maximum absolute atomic E-state index is 12.7. The number of aliphatic hydroxyl groups is 1. The normalized spacial score (nSPS) is 24.0. The number of nitrogens with zero attached hydrogens (tertiary/aromatic N) is 4. The maximum atomic E-state index is 12.7. The molecule has 3 heterocycles. The van der Waals surface area contributed by atoms with E-state index in [1.807, 2.05) is 42.8 Å². The first-order valence-electron chi connectivity index (χ1n) is 11.9. The van der Waals surface area contributed by atoms with Crippen molar-refractivity contribution in [3.63, 3.8) is 0 Å². The van der Waals surface area contributed by atoms with Gasteiger partial charge < -0.3 is 15.0 Å². The highest BCUT2D eigenvalue weighted by molar-refractivity contribution is 5.94.